The van der Waals surface area contributed by atoms with E-state index in [4.69, 9.17) is 0 Å². The number of halogens is 2. The third-order valence-electron chi connectivity index (χ3n) is 6.56. The number of hydrogen-bond donors (Lipinski definition) is 0. The summed E-state index contributed by atoms with van der Waals surface area (Å²) in [5.74, 6) is 0. The Kier molecular flexibility index (Phi) is 19.4. The molecule has 6 heteroatoms. The van der Waals surface area contributed by atoms with Gasteiger partial charge in [-0.3, -0.25) is 12.2 Å². The first-order valence-electron chi connectivity index (χ1n) is 10.8. The Morgan fingerprint density at radius 1 is 0.706 bits per heavy atom. The van der Waals surface area contributed by atoms with Gasteiger partial charge in [0.1, 0.15) is 0 Å². The molecule has 0 aliphatic heterocycles. The zero-order valence-electron chi connectivity index (χ0n) is 20.6. The van der Waals surface area contributed by atoms with E-state index in [1.807, 2.05) is 23.5 Å². The van der Waals surface area contributed by atoms with Gasteiger partial charge >= 0.3 is 43.4 Å². The van der Waals surface area contributed by atoms with E-state index in [1.165, 1.54) is 22.3 Å². The Morgan fingerprint density at radius 3 is 1.35 bits per heavy atom. The van der Waals surface area contributed by atoms with E-state index in [0.717, 1.165) is 38.5 Å². The number of rotatable bonds is 6. The summed E-state index contributed by atoms with van der Waals surface area (Å²) >= 11 is 3.95. The smallest absolute Gasteiger partial charge is 1.00 e. The van der Waals surface area contributed by atoms with E-state index < -0.39 is 0 Å². The molecule has 0 aromatic rings. The van der Waals surface area contributed by atoms with Crippen molar-refractivity contribution < 1.29 is 68.2 Å². The second kappa shape index (κ2) is 18.0. The van der Waals surface area contributed by atoms with Crippen LogP contribution in [0.15, 0.2) is 83.1 Å². The fraction of sp³-hybridized carbons (Fsp3) is 0.429. The van der Waals surface area contributed by atoms with Crippen LogP contribution in [0.1, 0.15) is 52.4 Å². The van der Waals surface area contributed by atoms with Crippen LogP contribution in [0.2, 0.25) is 0 Å². The summed E-state index contributed by atoms with van der Waals surface area (Å²) in [5, 5.41) is 0. The van der Waals surface area contributed by atoms with Crippen LogP contribution in [-0.4, -0.2) is 22.0 Å². The van der Waals surface area contributed by atoms with E-state index in [-0.39, 0.29) is 77.7 Å². The average molecular weight is 601 g/mol. The predicted octanol–water partition coefficient (Wildman–Crippen LogP) is 2.15. The molecule has 0 spiro atoms. The second-order valence-electron chi connectivity index (χ2n) is 8.33. The molecular weight excluding hydrogens is 567 g/mol. The van der Waals surface area contributed by atoms with Crippen molar-refractivity contribution in [2.24, 2.45) is 0 Å². The van der Waals surface area contributed by atoms with Crippen molar-refractivity contribution in [3.05, 3.63) is 95.2 Å². The second-order valence-corrected chi connectivity index (χ2v) is 10.7. The molecule has 0 amide bonds. The summed E-state index contributed by atoms with van der Waals surface area (Å²) < 4.78 is 0.567. The summed E-state index contributed by atoms with van der Waals surface area (Å²) in [5.41, 5.74) is 5.75. The predicted molar refractivity (Wildman–Crippen MR) is 138 cm³/mol. The Hall–Kier alpha value is 0.629. The minimum Gasteiger partial charge on any atom is -1.00 e. The molecule has 34 heavy (non-hydrogen) atoms. The van der Waals surface area contributed by atoms with Crippen LogP contribution in [0, 0.1) is 12.2 Å². The molecule has 2 atom stereocenters. The third kappa shape index (κ3) is 9.50. The Labute approximate surface area is 259 Å². The van der Waals surface area contributed by atoms with E-state index in [2.05, 4.69) is 99.3 Å². The van der Waals surface area contributed by atoms with Gasteiger partial charge in [0.05, 0.1) is 0 Å². The molecule has 0 nitrogen and oxygen atoms in total. The maximum atomic E-state index is 3.42. The van der Waals surface area contributed by atoms with Gasteiger partial charge in [-0.25, -0.2) is 23.3 Å². The van der Waals surface area contributed by atoms with Crippen LogP contribution in [-0.2, 0) is 43.4 Å². The molecule has 0 N–H and O–H groups in total. The van der Waals surface area contributed by atoms with Crippen molar-refractivity contribution in [1.82, 2.24) is 0 Å². The van der Waals surface area contributed by atoms with Crippen molar-refractivity contribution in [1.29, 1.82) is 0 Å². The normalized spacial score (nSPS) is 25.8. The van der Waals surface area contributed by atoms with Gasteiger partial charge in [0.15, 0.2) is 0 Å². The van der Waals surface area contributed by atoms with Crippen molar-refractivity contribution in [2.75, 3.05) is 12.5 Å². The fourth-order valence-electron chi connectivity index (χ4n) is 4.38. The topological polar surface area (TPSA) is 0 Å². The molecule has 0 bridgehead atoms. The first-order chi connectivity index (χ1) is 14.5. The van der Waals surface area contributed by atoms with Gasteiger partial charge in [0.2, 0.25) is 0 Å². The van der Waals surface area contributed by atoms with Gasteiger partial charge in [-0.15, -0.1) is 12.8 Å². The molecule has 0 heterocycles. The maximum absolute atomic E-state index is 3.42. The zero-order valence-corrected chi connectivity index (χ0v) is 26.9. The molecule has 180 valence electrons. The summed E-state index contributed by atoms with van der Waals surface area (Å²) in [4.78, 5) is 0. The van der Waals surface area contributed by atoms with Gasteiger partial charge in [0.25, 0.3) is 0 Å². The van der Waals surface area contributed by atoms with Crippen LogP contribution in [0.3, 0.4) is 0 Å². The van der Waals surface area contributed by atoms with Gasteiger partial charge in [0, 0.05) is 9.49 Å². The van der Waals surface area contributed by atoms with Gasteiger partial charge < -0.3 is 24.8 Å². The minimum absolute atomic E-state index is 0. The Balaban J connectivity index is 0. The van der Waals surface area contributed by atoms with Crippen molar-refractivity contribution in [3.8, 4) is 0 Å². The molecule has 0 fully saturated rings. The standard InChI is InChI=1S/2C14H17S.2ClH.2Ti/c2*1-12-7-5-6-10-14(12,15-2)11-13-8-3-4-9-13;;;;/h2*3,5-8H,4,10-11H2,1-2H3;2*1H;;/q2*-1;;;2*+2/p-2. The Bertz CT molecular complexity index is 809. The summed E-state index contributed by atoms with van der Waals surface area (Å²) in [6.07, 6.45) is 40.1. The van der Waals surface area contributed by atoms with Crippen molar-refractivity contribution >= 4 is 23.5 Å². The Morgan fingerprint density at radius 2 is 1.09 bits per heavy atom. The van der Waals surface area contributed by atoms with Gasteiger partial charge in [-0.05, 0) is 52.0 Å². The first-order valence-corrected chi connectivity index (χ1v) is 13.3. The first kappa shape index (κ1) is 36.8. The molecular formula is C28H34Cl2S2Ti2. The van der Waals surface area contributed by atoms with Gasteiger partial charge in [-0.2, -0.15) is 35.7 Å². The molecule has 0 aromatic heterocycles. The molecule has 4 aliphatic rings. The maximum Gasteiger partial charge on any atom is 2.00 e. The number of thioether (sulfide) groups is 2. The zero-order chi connectivity index (χ0) is 21.5. The summed E-state index contributed by atoms with van der Waals surface area (Å²) in [6, 6.07) is 0. The van der Waals surface area contributed by atoms with E-state index in [0.29, 0.717) is 0 Å². The summed E-state index contributed by atoms with van der Waals surface area (Å²) in [7, 11) is 0. The number of allylic oxidation sites excluding steroid dienone is 14. The molecule has 4 aliphatic carbocycles. The average Bonchev–Trinajstić information content (AvgIpc) is 3.46. The van der Waals surface area contributed by atoms with Crippen LogP contribution in [0.25, 0.3) is 0 Å². The molecule has 0 saturated heterocycles. The summed E-state index contributed by atoms with van der Waals surface area (Å²) in [6.45, 7) is 4.50. The van der Waals surface area contributed by atoms with Crippen LogP contribution in [0.5, 0.6) is 0 Å². The molecule has 0 radical (unpaired) electrons. The van der Waals surface area contributed by atoms with Gasteiger partial charge in [-0.1, -0.05) is 47.6 Å². The SMILES string of the molecule is CSC1(CC2=[C-]CC=C2)CC=CC=C1C.CSC1(CC2=[C-]CC=C2)CC=CC=C1C.[Cl-].[Cl-].[Ti+2].[Ti+2]. The van der Waals surface area contributed by atoms with Crippen molar-refractivity contribution in [3.63, 3.8) is 0 Å². The quantitative estimate of drug-likeness (QED) is 0.339. The van der Waals surface area contributed by atoms with E-state index in [1.54, 1.807) is 0 Å². The van der Waals surface area contributed by atoms with E-state index in [9.17, 15) is 0 Å². The van der Waals surface area contributed by atoms with Crippen LogP contribution in [0.4, 0.5) is 0 Å². The van der Waals surface area contributed by atoms with Crippen LogP contribution < -0.4 is 24.8 Å². The third-order valence-corrected chi connectivity index (χ3v) is 9.39. The molecule has 4 rings (SSSR count). The fourth-order valence-corrected chi connectivity index (χ4v) is 6.29. The largest absolute Gasteiger partial charge is 2.00 e. The van der Waals surface area contributed by atoms with E-state index >= 15 is 0 Å². The minimum atomic E-state index is 0. The molecule has 2 unspecified atom stereocenters. The van der Waals surface area contributed by atoms with Crippen LogP contribution >= 0.6 is 23.5 Å². The van der Waals surface area contributed by atoms with Crippen molar-refractivity contribution in [2.45, 2.75) is 61.9 Å². The molecule has 0 saturated carbocycles. The monoisotopic (exact) mass is 600 g/mol. The molecule has 0 aromatic carbocycles. The number of hydrogen-bond acceptors (Lipinski definition) is 2.